The van der Waals surface area contributed by atoms with Crippen LogP contribution < -0.4 is 10.4 Å². The first kappa shape index (κ1) is 16.5. The number of amides is 2. The Kier molecular flexibility index (Phi) is 4.55. The lowest BCUT2D eigenvalue weighted by molar-refractivity contribution is -0.115. The van der Waals surface area contributed by atoms with Crippen LogP contribution in [0.4, 0.5) is 10.1 Å². The van der Waals surface area contributed by atoms with Gasteiger partial charge in [0.15, 0.2) is 0 Å². The third-order valence-corrected chi connectivity index (χ3v) is 5.06. The molecule has 7 heteroatoms. The molecule has 1 unspecified atom stereocenters. The molecule has 1 aliphatic rings. The van der Waals surface area contributed by atoms with Crippen LogP contribution in [0.15, 0.2) is 42.5 Å². The van der Waals surface area contributed by atoms with Gasteiger partial charge in [-0.3, -0.25) is 19.7 Å². The lowest BCUT2D eigenvalue weighted by Gasteiger charge is -2.26. The lowest BCUT2D eigenvalue weighted by atomic mass is 10.1. The van der Waals surface area contributed by atoms with Crippen LogP contribution in [0, 0.1) is 12.7 Å². The van der Waals surface area contributed by atoms with Crippen molar-refractivity contribution in [3.05, 3.63) is 65.0 Å². The maximum absolute atomic E-state index is 13.1. The van der Waals surface area contributed by atoms with Gasteiger partial charge in [0.05, 0.1) is 5.75 Å². The molecule has 2 aromatic rings. The molecule has 2 N–H and O–H groups in total. The molecule has 5 nitrogen and oxygen atoms in total. The van der Waals surface area contributed by atoms with E-state index in [0.717, 1.165) is 11.1 Å². The Labute approximate surface area is 142 Å². The molecule has 0 aliphatic carbocycles. The van der Waals surface area contributed by atoms with E-state index in [1.54, 1.807) is 47.6 Å². The average Bonchev–Trinajstić information content (AvgIpc) is 2.96. The zero-order valence-electron chi connectivity index (χ0n) is 12.8. The number of carbonyl (C=O) groups excluding carboxylic acids is 2. The number of hydrogen-bond acceptors (Lipinski definition) is 4. The highest BCUT2D eigenvalue weighted by Gasteiger charge is 2.34. The van der Waals surface area contributed by atoms with Gasteiger partial charge in [0.1, 0.15) is 11.2 Å². The molecule has 1 saturated heterocycles. The first-order chi connectivity index (χ1) is 11.5. The van der Waals surface area contributed by atoms with Crippen LogP contribution in [0.25, 0.3) is 0 Å². The van der Waals surface area contributed by atoms with Gasteiger partial charge in [0.25, 0.3) is 5.91 Å². The number of hydrogen-bond donors (Lipinski definition) is 2. The Morgan fingerprint density at radius 1 is 1.29 bits per heavy atom. The lowest BCUT2D eigenvalue weighted by Crippen LogP contribution is -2.28. The van der Waals surface area contributed by atoms with Crippen LogP contribution >= 0.6 is 11.8 Å². The molecule has 1 aliphatic heterocycles. The highest BCUT2D eigenvalue weighted by atomic mass is 32.2. The first-order valence-electron chi connectivity index (χ1n) is 7.25. The minimum atomic E-state index is -0.609. The molecule has 1 heterocycles. The zero-order valence-corrected chi connectivity index (χ0v) is 13.6. The number of anilines is 1. The second-order valence-electron chi connectivity index (χ2n) is 5.42. The second kappa shape index (κ2) is 6.62. The number of nitrogens with one attached hydrogen (secondary N) is 1. The summed E-state index contributed by atoms with van der Waals surface area (Å²) in [5, 5.41) is 8.48. The van der Waals surface area contributed by atoms with Gasteiger partial charge in [0.2, 0.25) is 5.91 Å². The van der Waals surface area contributed by atoms with E-state index >= 15 is 0 Å². The minimum absolute atomic E-state index is 0.0446. The van der Waals surface area contributed by atoms with Gasteiger partial charge < -0.3 is 0 Å². The Bertz CT molecular complexity index is 795. The van der Waals surface area contributed by atoms with Crippen LogP contribution in [0.2, 0.25) is 0 Å². The van der Waals surface area contributed by atoms with Crippen molar-refractivity contribution < 1.29 is 19.2 Å². The van der Waals surface area contributed by atoms with Crippen molar-refractivity contribution in [2.24, 2.45) is 0 Å². The van der Waals surface area contributed by atoms with Gasteiger partial charge in [0, 0.05) is 11.3 Å². The van der Waals surface area contributed by atoms with Crippen LogP contribution in [0.5, 0.6) is 0 Å². The van der Waals surface area contributed by atoms with Crippen molar-refractivity contribution >= 4 is 29.3 Å². The molecule has 1 atom stereocenters. The summed E-state index contributed by atoms with van der Waals surface area (Å²) in [4.78, 5) is 25.5. The molecule has 0 aromatic heterocycles. The van der Waals surface area contributed by atoms with Gasteiger partial charge in [-0.1, -0.05) is 12.1 Å². The fourth-order valence-corrected chi connectivity index (χ4v) is 3.86. The summed E-state index contributed by atoms with van der Waals surface area (Å²) in [5.74, 6) is -0.644. The van der Waals surface area contributed by atoms with E-state index in [9.17, 15) is 14.0 Å². The molecule has 0 bridgehead atoms. The Hall–Kier alpha value is -2.38. The van der Waals surface area contributed by atoms with Crippen molar-refractivity contribution in [3.63, 3.8) is 0 Å². The predicted molar refractivity (Wildman–Crippen MR) is 89.5 cm³/mol. The monoisotopic (exact) mass is 346 g/mol. The highest BCUT2D eigenvalue weighted by molar-refractivity contribution is 8.00. The van der Waals surface area contributed by atoms with E-state index < -0.39 is 5.91 Å². The number of hydroxylamine groups is 1. The van der Waals surface area contributed by atoms with E-state index in [2.05, 4.69) is 0 Å². The largest absolute Gasteiger partial charge is 0.295 e. The molecule has 2 aromatic carbocycles. The molecule has 124 valence electrons. The normalized spacial score (nSPS) is 17.2. The summed E-state index contributed by atoms with van der Waals surface area (Å²) < 4.78 is 13.1. The van der Waals surface area contributed by atoms with E-state index in [1.807, 2.05) is 0 Å². The van der Waals surface area contributed by atoms with E-state index in [-0.39, 0.29) is 17.1 Å². The van der Waals surface area contributed by atoms with Gasteiger partial charge in [-0.25, -0.2) is 9.87 Å². The SMILES string of the molecule is Cc1cc(C(=O)NO)ccc1N1C(=O)CSC1c1ccc(F)cc1. The maximum atomic E-state index is 13.1. The number of rotatable bonds is 3. The van der Waals surface area contributed by atoms with Gasteiger partial charge >= 0.3 is 0 Å². The molecule has 3 rings (SSSR count). The van der Waals surface area contributed by atoms with Crippen LogP contribution in [-0.4, -0.2) is 22.8 Å². The smallest absolute Gasteiger partial charge is 0.274 e. The Morgan fingerprint density at radius 2 is 2.00 bits per heavy atom. The maximum Gasteiger partial charge on any atom is 0.274 e. The van der Waals surface area contributed by atoms with Crippen molar-refractivity contribution in [1.82, 2.24) is 5.48 Å². The highest BCUT2D eigenvalue weighted by Crippen LogP contribution is 2.42. The molecule has 24 heavy (non-hydrogen) atoms. The molecule has 2 amide bonds. The van der Waals surface area contributed by atoms with Crippen molar-refractivity contribution in [1.29, 1.82) is 0 Å². The summed E-state index contributed by atoms with van der Waals surface area (Å²) in [5.41, 5.74) is 4.15. The second-order valence-corrected chi connectivity index (χ2v) is 6.49. The fraction of sp³-hybridized carbons (Fsp3) is 0.176. The first-order valence-corrected chi connectivity index (χ1v) is 8.30. The van der Waals surface area contributed by atoms with E-state index in [0.29, 0.717) is 17.0 Å². The number of aryl methyl sites for hydroxylation is 1. The van der Waals surface area contributed by atoms with Crippen LogP contribution in [-0.2, 0) is 4.79 Å². The van der Waals surface area contributed by atoms with Crippen LogP contribution in [0.3, 0.4) is 0 Å². The van der Waals surface area contributed by atoms with Gasteiger partial charge in [-0.15, -0.1) is 11.8 Å². The standard InChI is InChI=1S/C17H15FN2O3S/c1-10-8-12(16(22)19-23)4-7-14(10)20-15(21)9-24-17(20)11-2-5-13(18)6-3-11/h2-8,17,23H,9H2,1H3,(H,19,22). The summed E-state index contributed by atoms with van der Waals surface area (Å²) in [6.07, 6.45) is 0. The number of halogens is 1. The van der Waals surface area contributed by atoms with E-state index in [1.165, 1.54) is 23.9 Å². The number of carbonyl (C=O) groups is 2. The molecular formula is C17H15FN2O3S. The molecule has 1 fully saturated rings. The molecule has 0 saturated carbocycles. The van der Waals surface area contributed by atoms with Gasteiger partial charge in [-0.05, 0) is 48.4 Å². The Morgan fingerprint density at radius 3 is 2.62 bits per heavy atom. The van der Waals surface area contributed by atoms with E-state index in [4.69, 9.17) is 5.21 Å². The predicted octanol–water partition coefficient (Wildman–Crippen LogP) is 3.03. The minimum Gasteiger partial charge on any atom is -0.295 e. The summed E-state index contributed by atoms with van der Waals surface area (Å²) in [6.45, 7) is 1.79. The number of thioether (sulfide) groups is 1. The fourth-order valence-electron chi connectivity index (χ4n) is 2.69. The number of nitrogens with zero attached hydrogens (tertiary/aromatic N) is 1. The summed E-state index contributed by atoms with van der Waals surface area (Å²) in [6, 6.07) is 10.9. The van der Waals surface area contributed by atoms with Crippen LogP contribution in [0.1, 0.15) is 26.9 Å². The third-order valence-electron chi connectivity index (χ3n) is 3.84. The number of benzene rings is 2. The van der Waals surface area contributed by atoms with Crippen molar-refractivity contribution in [3.8, 4) is 0 Å². The third kappa shape index (κ3) is 3.00. The zero-order chi connectivity index (χ0) is 17.3. The molecular weight excluding hydrogens is 331 g/mol. The van der Waals surface area contributed by atoms with Gasteiger partial charge in [-0.2, -0.15) is 0 Å². The van der Waals surface area contributed by atoms with Crippen molar-refractivity contribution in [2.45, 2.75) is 12.3 Å². The van der Waals surface area contributed by atoms with Crippen molar-refractivity contribution in [2.75, 3.05) is 10.7 Å². The summed E-state index contributed by atoms with van der Waals surface area (Å²) >= 11 is 1.47. The average molecular weight is 346 g/mol. The topological polar surface area (TPSA) is 69.6 Å². The molecule has 0 spiro atoms. The Balaban J connectivity index is 1.98. The summed E-state index contributed by atoms with van der Waals surface area (Å²) in [7, 11) is 0. The molecule has 0 radical (unpaired) electrons. The quantitative estimate of drug-likeness (QED) is 0.662.